The molecular formula is C24H30N2O2. The molecule has 0 bridgehead atoms. The second kappa shape index (κ2) is 7.50. The molecule has 4 rings (SSSR count). The first-order valence-corrected chi connectivity index (χ1v) is 10.3. The zero-order valence-electron chi connectivity index (χ0n) is 17.1. The molecule has 0 N–H and O–H groups in total. The fourth-order valence-corrected chi connectivity index (χ4v) is 3.62. The predicted octanol–water partition coefficient (Wildman–Crippen LogP) is 5.57. The third kappa shape index (κ3) is 4.49. The number of ether oxygens (including phenoxy) is 1. The molecule has 4 heteroatoms. The number of carbonyl (C=O) groups excluding carboxylic acids is 1. The minimum absolute atomic E-state index is 0.208. The Morgan fingerprint density at radius 3 is 2.18 bits per heavy atom. The molecule has 0 spiro atoms. The third-order valence-electron chi connectivity index (χ3n) is 5.41. The van der Waals surface area contributed by atoms with Crippen LogP contribution >= 0.6 is 0 Å². The van der Waals surface area contributed by atoms with Gasteiger partial charge in [-0.15, -0.1) is 0 Å². The number of hydrogen-bond donors (Lipinski definition) is 0. The number of rotatable bonds is 5. The van der Waals surface area contributed by atoms with Crippen LogP contribution in [-0.2, 0) is 4.74 Å². The molecule has 1 aliphatic carbocycles. The topological polar surface area (TPSA) is 32.8 Å². The molecule has 1 saturated carbocycles. The predicted molar refractivity (Wildman–Crippen MR) is 113 cm³/mol. The molecular weight excluding hydrogens is 348 g/mol. The molecule has 1 heterocycles. The van der Waals surface area contributed by atoms with Gasteiger partial charge < -0.3 is 14.5 Å². The normalized spacial score (nSPS) is 17.2. The Morgan fingerprint density at radius 1 is 1.00 bits per heavy atom. The van der Waals surface area contributed by atoms with Gasteiger partial charge in [0.1, 0.15) is 5.60 Å². The summed E-state index contributed by atoms with van der Waals surface area (Å²) >= 11 is 0. The molecule has 1 saturated heterocycles. The van der Waals surface area contributed by atoms with E-state index in [1.165, 1.54) is 29.8 Å². The van der Waals surface area contributed by atoms with Crippen molar-refractivity contribution in [3.05, 3.63) is 60.2 Å². The Labute approximate surface area is 168 Å². The van der Waals surface area contributed by atoms with Crippen LogP contribution in [0.25, 0.3) is 0 Å². The van der Waals surface area contributed by atoms with E-state index in [1.807, 2.05) is 20.8 Å². The summed E-state index contributed by atoms with van der Waals surface area (Å²) in [5.41, 5.74) is 3.35. The van der Waals surface area contributed by atoms with Gasteiger partial charge in [0, 0.05) is 36.9 Å². The van der Waals surface area contributed by atoms with Gasteiger partial charge in [0.25, 0.3) is 0 Å². The molecule has 2 aliphatic rings. The first-order chi connectivity index (χ1) is 13.4. The van der Waals surface area contributed by atoms with Crippen LogP contribution in [0.1, 0.15) is 45.1 Å². The summed E-state index contributed by atoms with van der Waals surface area (Å²) < 4.78 is 5.45. The number of likely N-dealkylation sites (tertiary alicyclic amines) is 1. The van der Waals surface area contributed by atoms with E-state index >= 15 is 0 Å². The van der Waals surface area contributed by atoms with E-state index in [-0.39, 0.29) is 6.09 Å². The summed E-state index contributed by atoms with van der Waals surface area (Å²) in [5.74, 6) is 1.21. The SMILES string of the molecule is CC(C)(C)OC(=O)N1CC(c2ccc(N(CC3CC3)c3ccccc3)cc2)C1. The molecule has 0 unspecified atom stereocenters. The van der Waals surface area contributed by atoms with Crippen LogP contribution in [0.5, 0.6) is 0 Å². The highest BCUT2D eigenvalue weighted by Crippen LogP contribution is 2.36. The summed E-state index contributed by atoms with van der Waals surface area (Å²) in [6, 6.07) is 19.5. The van der Waals surface area contributed by atoms with Crippen molar-refractivity contribution in [2.24, 2.45) is 5.92 Å². The van der Waals surface area contributed by atoms with Gasteiger partial charge in [-0.25, -0.2) is 4.79 Å². The van der Waals surface area contributed by atoms with Gasteiger partial charge in [-0.05, 0) is 69.4 Å². The van der Waals surface area contributed by atoms with Crippen LogP contribution in [0.2, 0.25) is 0 Å². The van der Waals surface area contributed by atoms with Crippen LogP contribution in [-0.4, -0.2) is 36.2 Å². The zero-order valence-corrected chi connectivity index (χ0v) is 17.1. The van der Waals surface area contributed by atoms with Crippen LogP contribution in [0.4, 0.5) is 16.2 Å². The Balaban J connectivity index is 1.40. The number of benzene rings is 2. The molecule has 2 fully saturated rings. The highest BCUT2D eigenvalue weighted by molar-refractivity contribution is 5.70. The lowest BCUT2D eigenvalue weighted by Crippen LogP contribution is -2.50. The molecule has 4 nitrogen and oxygen atoms in total. The number of nitrogens with zero attached hydrogens (tertiary/aromatic N) is 2. The Hall–Kier alpha value is -2.49. The summed E-state index contributed by atoms with van der Waals surface area (Å²) in [4.78, 5) is 16.3. The maximum Gasteiger partial charge on any atom is 0.410 e. The van der Waals surface area contributed by atoms with E-state index in [0.717, 1.165) is 25.6 Å². The fourth-order valence-electron chi connectivity index (χ4n) is 3.62. The van der Waals surface area contributed by atoms with Gasteiger partial charge >= 0.3 is 6.09 Å². The summed E-state index contributed by atoms with van der Waals surface area (Å²) in [5, 5.41) is 0. The van der Waals surface area contributed by atoms with E-state index in [4.69, 9.17) is 4.74 Å². The van der Waals surface area contributed by atoms with Gasteiger partial charge in [0.05, 0.1) is 0 Å². The fraction of sp³-hybridized carbons (Fsp3) is 0.458. The van der Waals surface area contributed by atoms with Crippen molar-refractivity contribution in [1.82, 2.24) is 4.90 Å². The average Bonchev–Trinajstić information content (AvgIpc) is 3.43. The van der Waals surface area contributed by atoms with Crippen LogP contribution in [0, 0.1) is 5.92 Å². The van der Waals surface area contributed by atoms with Crippen molar-refractivity contribution < 1.29 is 9.53 Å². The Kier molecular flexibility index (Phi) is 5.05. The third-order valence-corrected chi connectivity index (χ3v) is 5.41. The molecule has 0 radical (unpaired) electrons. The first-order valence-electron chi connectivity index (χ1n) is 10.3. The van der Waals surface area contributed by atoms with Gasteiger partial charge in [0.15, 0.2) is 0 Å². The molecule has 2 aromatic carbocycles. The lowest BCUT2D eigenvalue weighted by Gasteiger charge is -2.40. The first kappa shape index (κ1) is 18.9. The maximum atomic E-state index is 12.1. The van der Waals surface area contributed by atoms with E-state index in [2.05, 4.69) is 59.5 Å². The summed E-state index contributed by atoms with van der Waals surface area (Å²) in [6.07, 6.45) is 2.47. The minimum atomic E-state index is -0.438. The number of anilines is 2. The monoisotopic (exact) mass is 378 g/mol. The molecule has 148 valence electrons. The van der Waals surface area contributed by atoms with Crippen molar-refractivity contribution in [3.8, 4) is 0 Å². The smallest absolute Gasteiger partial charge is 0.410 e. The van der Waals surface area contributed by atoms with E-state index in [9.17, 15) is 4.79 Å². The number of amides is 1. The van der Waals surface area contributed by atoms with E-state index < -0.39 is 5.60 Å². The van der Waals surface area contributed by atoms with Crippen LogP contribution in [0.15, 0.2) is 54.6 Å². The zero-order chi connectivity index (χ0) is 19.7. The highest BCUT2D eigenvalue weighted by atomic mass is 16.6. The highest BCUT2D eigenvalue weighted by Gasteiger charge is 2.34. The largest absolute Gasteiger partial charge is 0.444 e. The van der Waals surface area contributed by atoms with E-state index in [0.29, 0.717) is 5.92 Å². The Bertz CT molecular complexity index is 801. The molecule has 0 aromatic heterocycles. The summed E-state index contributed by atoms with van der Waals surface area (Å²) in [7, 11) is 0. The lowest BCUT2D eigenvalue weighted by atomic mass is 9.91. The van der Waals surface area contributed by atoms with Crippen LogP contribution in [0.3, 0.4) is 0 Å². The second-order valence-corrected chi connectivity index (χ2v) is 9.06. The van der Waals surface area contributed by atoms with Gasteiger partial charge in [-0.2, -0.15) is 0 Å². The molecule has 2 aromatic rings. The standard InChI is InChI=1S/C24H30N2O2/c1-24(2,3)28-23(27)25-16-20(17-25)19-11-13-22(14-12-19)26(15-18-9-10-18)21-7-5-4-6-8-21/h4-8,11-14,18,20H,9-10,15-17H2,1-3H3. The van der Waals surface area contributed by atoms with Crippen molar-refractivity contribution in [3.63, 3.8) is 0 Å². The molecule has 28 heavy (non-hydrogen) atoms. The second-order valence-electron chi connectivity index (χ2n) is 9.06. The Morgan fingerprint density at radius 2 is 1.61 bits per heavy atom. The quantitative estimate of drug-likeness (QED) is 0.682. The number of para-hydroxylation sites is 1. The number of hydrogen-bond acceptors (Lipinski definition) is 3. The van der Waals surface area contributed by atoms with Crippen molar-refractivity contribution in [2.45, 2.75) is 45.1 Å². The van der Waals surface area contributed by atoms with E-state index in [1.54, 1.807) is 4.90 Å². The maximum absolute atomic E-state index is 12.1. The average molecular weight is 379 g/mol. The molecule has 1 amide bonds. The molecule has 0 atom stereocenters. The van der Waals surface area contributed by atoms with Crippen molar-refractivity contribution in [1.29, 1.82) is 0 Å². The van der Waals surface area contributed by atoms with Crippen molar-refractivity contribution in [2.75, 3.05) is 24.5 Å². The van der Waals surface area contributed by atoms with Gasteiger partial charge in [-0.3, -0.25) is 0 Å². The minimum Gasteiger partial charge on any atom is -0.444 e. The van der Waals surface area contributed by atoms with Gasteiger partial charge in [0.2, 0.25) is 0 Å². The van der Waals surface area contributed by atoms with Crippen LogP contribution < -0.4 is 4.90 Å². The molecule has 1 aliphatic heterocycles. The van der Waals surface area contributed by atoms with Gasteiger partial charge in [-0.1, -0.05) is 30.3 Å². The summed E-state index contributed by atoms with van der Waals surface area (Å²) in [6.45, 7) is 8.26. The van der Waals surface area contributed by atoms with Crippen molar-refractivity contribution >= 4 is 17.5 Å². The number of carbonyl (C=O) groups is 1. The lowest BCUT2D eigenvalue weighted by molar-refractivity contribution is 0.00819.